The topological polar surface area (TPSA) is 131 Å². The van der Waals surface area contributed by atoms with Crippen LogP contribution in [0.3, 0.4) is 0 Å². The zero-order valence-corrected chi connectivity index (χ0v) is 22.9. The molecule has 3 heterocycles. The van der Waals surface area contributed by atoms with Crippen molar-refractivity contribution in [3.8, 4) is 11.4 Å². The minimum absolute atomic E-state index is 0.00323. The molecule has 0 amide bonds. The molecule has 1 saturated heterocycles. The van der Waals surface area contributed by atoms with Gasteiger partial charge in [-0.05, 0) is 42.7 Å². The van der Waals surface area contributed by atoms with E-state index in [4.69, 9.17) is 9.15 Å². The van der Waals surface area contributed by atoms with Gasteiger partial charge in [0, 0.05) is 37.7 Å². The summed E-state index contributed by atoms with van der Waals surface area (Å²) in [4.78, 5) is 29.2. The zero-order chi connectivity index (χ0) is 28.9. The predicted octanol–water partition coefficient (Wildman–Crippen LogP) is 2.78. The highest BCUT2D eigenvalue weighted by atomic mass is 32.2. The number of nitrogens with zero attached hydrogens (tertiary/aromatic N) is 4. The molecule has 2 fully saturated rings. The summed E-state index contributed by atoms with van der Waals surface area (Å²) < 4.78 is 67.4. The second-order valence-corrected chi connectivity index (χ2v) is 12.8. The molecule has 14 heteroatoms. The monoisotopic (exact) mass is 587 g/mol. The molecule has 1 N–H and O–H groups in total. The van der Waals surface area contributed by atoms with Crippen molar-refractivity contribution in [2.45, 2.75) is 25.5 Å². The van der Waals surface area contributed by atoms with Crippen LogP contribution in [-0.2, 0) is 15.8 Å². The van der Waals surface area contributed by atoms with Gasteiger partial charge < -0.3 is 14.1 Å². The first-order valence-corrected chi connectivity index (χ1v) is 14.7. The minimum atomic E-state index is -3.69. The number of sulfonamides is 1. The third-order valence-corrected chi connectivity index (χ3v) is 9.33. The second kappa shape index (κ2) is 10.1. The van der Waals surface area contributed by atoms with E-state index in [1.807, 2.05) is 11.8 Å². The molecule has 2 aliphatic rings. The fourth-order valence-corrected chi connectivity index (χ4v) is 6.34. The summed E-state index contributed by atoms with van der Waals surface area (Å²) in [5.41, 5.74) is 0.860. The Morgan fingerprint density at radius 1 is 1.05 bits per heavy atom. The van der Waals surface area contributed by atoms with Crippen LogP contribution >= 0.6 is 0 Å². The molecule has 0 spiro atoms. The highest BCUT2D eigenvalue weighted by Crippen LogP contribution is 2.45. The molecular weight excluding hydrogens is 560 g/mol. The average molecular weight is 588 g/mol. The van der Waals surface area contributed by atoms with E-state index >= 15 is 0 Å². The molecule has 216 valence electrons. The first-order valence-electron chi connectivity index (χ1n) is 13.1. The number of piperazine rings is 1. The van der Waals surface area contributed by atoms with Crippen molar-refractivity contribution in [3.63, 3.8) is 0 Å². The van der Waals surface area contributed by atoms with Crippen molar-refractivity contribution in [3.05, 3.63) is 80.7 Å². The zero-order valence-electron chi connectivity index (χ0n) is 22.1. The van der Waals surface area contributed by atoms with Crippen LogP contribution in [-0.4, -0.2) is 60.3 Å². The molecule has 1 aliphatic carbocycles. The van der Waals surface area contributed by atoms with Crippen molar-refractivity contribution >= 4 is 26.8 Å². The number of oxazole rings is 1. The summed E-state index contributed by atoms with van der Waals surface area (Å²) in [6.45, 7) is 3.17. The van der Waals surface area contributed by atoms with Gasteiger partial charge in [0.25, 0.3) is 0 Å². The number of rotatable bonds is 8. The Hall–Kier alpha value is -4.04. The van der Waals surface area contributed by atoms with E-state index in [1.54, 1.807) is 18.2 Å². The van der Waals surface area contributed by atoms with Gasteiger partial charge >= 0.3 is 11.3 Å². The SMILES string of the molecule is CC1(COc2c(N3CCN(S(=O)(=O)Cc4ccc5oc(=O)[nH]c5c4)CC3)cnn(-c3cc(F)cc(F)c3)c2=O)CC1. The van der Waals surface area contributed by atoms with Crippen molar-refractivity contribution in [2.24, 2.45) is 5.41 Å². The van der Waals surface area contributed by atoms with Crippen molar-refractivity contribution in [1.82, 2.24) is 19.1 Å². The van der Waals surface area contributed by atoms with Crippen LogP contribution in [0, 0.1) is 17.0 Å². The van der Waals surface area contributed by atoms with Crippen LogP contribution in [0.5, 0.6) is 5.75 Å². The summed E-state index contributed by atoms with van der Waals surface area (Å²) in [5, 5.41) is 4.16. The Kier molecular flexibility index (Phi) is 6.69. The number of aromatic nitrogens is 3. The molecular formula is C27H27F2N5O6S. The number of H-pyrrole nitrogens is 1. The fraction of sp³-hybridized carbons (Fsp3) is 0.370. The largest absolute Gasteiger partial charge is 0.486 e. The molecule has 0 radical (unpaired) electrons. The van der Waals surface area contributed by atoms with E-state index in [1.165, 1.54) is 10.5 Å². The molecule has 6 rings (SSSR count). The highest BCUT2D eigenvalue weighted by molar-refractivity contribution is 7.88. The molecule has 0 unspecified atom stereocenters. The number of benzene rings is 2. The van der Waals surface area contributed by atoms with E-state index in [9.17, 15) is 26.8 Å². The molecule has 0 bridgehead atoms. The van der Waals surface area contributed by atoms with Gasteiger partial charge in [-0.2, -0.15) is 14.1 Å². The first kappa shape index (κ1) is 27.1. The van der Waals surface area contributed by atoms with E-state index in [0.29, 0.717) is 28.4 Å². The quantitative estimate of drug-likeness (QED) is 0.333. The molecule has 2 aromatic carbocycles. The van der Waals surface area contributed by atoms with Gasteiger partial charge in [-0.1, -0.05) is 13.0 Å². The number of halogens is 2. The lowest BCUT2D eigenvalue weighted by atomic mass is 10.2. The lowest BCUT2D eigenvalue weighted by Gasteiger charge is -2.35. The van der Waals surface area contributed by atoms with Gasteiger partial charge in [0.15, 0.2) is 5.58 Å². The number of anilines is 1. The van der Waals surface area contributed by atoms with Crippen molar-refractivity contribution in [2.75, 3.05) is 37.7 Å². The second-order valence-electron chi connectivity index (χ2n) is 10.8. The van der Waals surface area contributed by atoms with E-state index < -0.39 is 33.0 Å². The molecule has 41 heavy (non-hydrogen) atoms. The molecule has 11 nitrogen and oxygen atoms in total. The Labute approximate surface area is 233 Å². The summed E-state index contributed by atoms with van der Waals surface area (Å²) in [5.74, 6) is -2.57. The maximum atomic E-state index is 13.9. The summed E-state index contributed by atoms with van der Waals surface area (Å²) in [6.07, 6.45) is 3.31. The number of aromatic amines is 1. The van der Waals surface area contributed by atoms with Gasteiger partial charge in [0.05, 0.1) is 29.8 Å². The number of nitrogens with one attached hydrogen (secondary N) is 1. The van der Waals surface area contributed by atoms with Crippen LogP contribution in [0.4, 0.5) is 14.5 Å². The van der Waals surface area contributed by atoms with Gasteiger partial charge in [0.1, 0.15) is 17.3 Å². The Bertz CT molecular complexity index is 1840. The Morgan fingerprint density at radius 2 is 1.76 bits per heavy atom. The van der Waals surface area contributed by atoms with Crippen LogP contribution in [0.1, 0.15) is 25.3 Å². The lowest BCUT2D eigenvalue weighted by Crippen LogP contribution is -2.49. The van der Waals surface area contributed by atoms with Crippen LogP contribution in [0.2, 0.25) is 0 Å². The number of hydrogen-bond donors (Lipinski definition) is 1. The number of fused-ring (bicyclic) bond motifs is 1. The van der Waals surface area contributed by atoms with Crippen molar-refractivity contribution in [1.29, 1.82) is 0 Å². The third-order valence-electron chi connectivity index (χ3n) is 7.48. The van der Waals surface area contributed by atoms with Crippen LogP contribution < -0.4 is 21.0 Å². The Balaban J connectivity index is 1.22. The molecule has 4 aromatic rings. The van der Waals surface area contributed by atoms with Gasteiger partial charge in [0.2, 0.25) is 15.8 Å². The maximum absolute atomic E-state index is 13.9. The smallest absolute Gasteiger partial charge is 0.417 e. The van der Waals surface area contributed by atoms with E-state index in [2.05, 4.69) is 10.1 Å². The van der Waals surface area contributed by atoms with Gasteiger partial charge in [-0.25, -0.2) is 22.0 Å². The van der Waals surface area contributed by atoms with Crippen LogP contribution in [0.25, 0.3) is 16.8 Å². The summed E-state index contributed by atoms with van der Waals surface area (Å²) in [7, 11) is -3.69. The maximum Gasteiger partial charge on any atom is 0.417 e. The van der Waals surface area contributed by atoms with E-state index in [-0.39, 0.29) is 55.4 Å². The lowest BCUT2D eigenvalue weighted by molar-refractivity contribution is 0.242. The minimum Gasteiger partial charge on any atom is -0.486 e. The van der Waals surface area contributed by atoms with Gasteiger partial charge in [-0.15, -0.1) is 0 Å². The third kappa shape index (κ3) is 5.61. The highest BCUT2D eigenvalue weighted by Gasteiger charge is 2.39. The first-order chi connectivity index (χ1) is 19.5. The molecule has 1 aliphatic heterocycles. The normalized spacial score (nSPS) is 17.2. The molecule has 2 aromatic heterocycles. The van der Waals surface area contributed by atoms with Crippen LogP contribution in [0.15, 0.2) is 56.6 Å². The predicted molar refractivity (Wildman–Crippen MR) is 146 cm³/mol. The molecule has 0 atom stereocenters. The average Bonchev–Trinajstić information content (AvgIpc) is 3.53. The Morgan fingerprint density at radius 3 is 2.44 bits per heavy atom. The summed E-state index contributed by atoms with van der Waals surface area (Å²) in [6, 6.07) is 7.44. The number of hydrogen-bond acceptors (Lipinski definition) is 8. The van der Waals surface area contributed by atoms with Crippen molar-refractivity contribution < 1.29 is 26.4 Å². The number of ether oxygens (including phenoxy) is 1. The van der Waals surface area contributed by atoms with E-state index in [0.717, 1.165) is 29.7 Å². The fourth-order valence-electron chi connectivity index (χ4n) is 4.84. The standard InChI is InChI=1S/C27H27F2N5O6S/c1-27(4-5-27)16-39-24-22(14-30-34(25(24)35)20-12-18(28)11-19(29)13-20)32-6-8-33(9-7-32)41(37,38)15-17-2-3-23-21(10-17)31-26(36)40-23/h2-3,10-14H,4-9,15-16H2,1H3,(H,31,36). The molecule has 1 saturated carbocycles. The summed E-state index contributed by atoms with van der Waals surface area (Å²) >= 11 is 0. The van der Waals surface area contributed by atoms with Gasteiger partial charge in [-0.3, -0.25) is 9.78 Å².